The van der Waals surface area contributed by atoms with Gasteiger partial charge < -0.3 is 0 Å². The number of sulfone groups is 1. The van der Waals surface area contributed by atoms with Gasteiger partial charge >= 0.3 is 0 Å². The fourth-order valence-electron chi connectivity index (χ4n) is 2.43. The van der Waals surface area contributed by atoms with E-state index < -0.39 is 15.1 Å². The molecule has 0 radical (unpaired) electrons. The van der Waals surface area contributed by atoms with Gasteiger partial charge in [0.25, 0.3) is 0 Å². The number of hydrogen-bond acceptors (Lipinski definition) is 3. The molecule has 0 N–H and O–H groups in total. The van der Waals surface area contributed by atoms with Crippen LogP contribution in [-0.4, -0.2) is 13.7 Å². The summed E-state index contributed by atoms with van der Waals surface area (Å²) < 4.78 is 25.3. The van der Waals surface area contributed by atoms with Gasteiger partial charge in [-0.3, -0.25) is 0 Å². The van der Waals surface area contributed by atoms with Crippen LogP contribution in [0.3, 0.4) is 0 Å². The molecule has 0 spiro atoms. The van der Waals surface area contributed by atoms with E-state index in [-0.39, 0.29) is 16.7 Å². The zero-order valence-corrected chi connectivity index (χ0v) is 13.2. The van der Waals surface area contributed by atoms with E-state index in [0.29, 0.717) is 0 Å². The van der Waals surface area contributed by atoms with Gasteiger partial charge in [-0.05, 0) is 30.4 Å². The maximum atomic E-state index is 12.6. The van der Waals surface area contributed by atoms with Gasteiger partial charge in [-0.1, -0.05) is 51.8 Å². The molecule has 1 aromatic carbocycles. The molecule has 0 fully saturated rings. The molecule has 0 bridgehead atoms. The molecule has 0 aliphatic carbocycles. The molecule has 0 heterocycles. The average Bonchev–Trinajstić information content (AvgIpc) is 2.43. The number of unbranched alkanes of at least 4 members (excludes halogenated alkanes) is 1. The van der Waals surface area contributed by atoms with Crippen molar-refractivity contribution in [3.63, 3.8) is 0 Å². The van der Waals surface area contributed by atoms with E-state index >= 15 is 0 Å². The minimum Gasteiger partial charge on any atom is -0.222 e. The van der Waals surface area contributed by atoms with Crippen LogP contribution in [-0.2, 0) is 9.84 Å². The van der Waals surface area contributed by atoms with Crippen molar-refractivity contribution < 1.29 is 8.42 Å². The third-order valence-electron chi connectivity index (χ3n) is 3.67. The Morgan fingerprint density at radius 2 is 1.80 bits per heavy atom. The molecule has 2 unspecified atom stereocenters. The monoisotopic (exact) mass is 293 g/mol. The zero-order valence-electron chi connectivity index (χ0n) is 12.4. The first-order chi connectivity index (χ1) is 9.45. The van der Waals surface area contributed by atoms with Crippen molar-refractivity contribution in [2.75, 3.05) is 0 Å². The summed E-state index contributed by atoms with van der Waals surface area (Å²) in [5, 5.41) is 8.45. The van der Waals surface area contributed by atoms with Crippen molar-refractivity contribution in [2.45, 2.75) is 50.2 Å². The molecule has 0 aliphatic heterocycles. The lowest BCUT2D eigenvalue weighted by Crippen LogP contribution is -2.32. The lowest BCUT2D eigenvalue weighted by atomic mass is 9.88. The van der Waals surface area contributed by atoms with Crippen LogP contribution >= 0.6 is 0 Å². The van der Waals surface area contributed by atoms with Crippen LogP contribution in [0, 0.1) is 23.2 Å². The molecule has 1 aromatic rings. The maximum absolute atomic E-state index is 12.6. The fraction of sp³-hybridized carbons (Fsp3) is 0.562. The highest BCUT2D eigenvalue weighted by Gasteiger charge is 2.36. The predicted molar refractivity (Wildman–Crippen MR) is 80.9 cm³/mol. The molecular weight excluding hydrogens is 270 g/mol. The summed E-state index contributed by atoms with van der Waals surface area (Å²) in [6.07, 6.45) is 2.73. The predicted octanol–water partition coefficient (Wildman–Crippen LogP) is 3.81. The maximum Gasteiger partial charge on any atom is 0.194 e. The van der Waals surface area contributed by atoms with Crippen LogP contribution in [0.5, 0.6) is 0 Å². The largest absolute Gasteiger partial charge is 0.222 e. The van der Waals surface area contributed by atoms with Crippen molar-refractivity contribution in [1.29, 1.82) is 5.26 Å². The molecule has 3 nitrogen and oxygen atoms in total. The van der Waals surface area contributed by atoms with E-state index in [1.807, 2.05) is 19.9 Å². The summed E-state index contributed by atoms with van der Waals surface area (Å²) >= 11 is 0. The standard InChI is InChI=1S/C16H23NO2S/c1-4-5-11-15(13(2)3)16(12-17)20(18,19)14-9-7-6-8-10-14/h6-10,13,15-16H,4-5,11H2,1-3H3. The van der Waals surface area contributed by atoms with E-state index in [1.54, 1.807) is 30.3 Å². The Bertz CT molecular complexity index is 544. The highest BCUT2D eigenvalue weighted by atomic mass is 32.2. The van der Waals surface area contributed by atoms with Crippen LogP contribution in [0.25, 0.3) is 0 Å². The topological polar surface area (TPSA) is 57.9 Å². The Morgan fingerprint density at radius 1 is 1.20 bits per heavy atom. The normalized spacial score (nSPS) is 14.8. The number of nitriles is 1. The lowest BCUT2D eigenvalue weighted by Gasteiger charge is -2.25. The number of nitrogens with zero attached hydrogens (tertiary/aromatic N) is 1. The van der Waals surface area contributed by atoms with Gasteiger partial charge in [0.1, 0.15) is 0 Å². The van der Waals surface area contributed by atoms with E-state index in [4.69, 9.17) is 0 Å². The summed E-state index contributed by atoms with van der Waals surface area (Å²) in [6.45, 7) is 6.06. The molecule has 4 heteroatoms. The van der Waals surface area contributed by atoms with Crippen molar-refractivity contribution in [3.05, 3.63) is 30.3 Å². The third-order valence-corrected chi connectivity index (χ3v) is 5.72. The molecule has 20 heavy (non-hydrogen) atoms. The Labute approximate surface area is 122 Å². The first kappa shape index (κ1) is 16.7. The smallest absolute Gasteiger partial charge is 0.194 e. The highest BCUT2D eigenvalue weighted by molar-refractivity contribution is 7.92. The molecule has 0 aromatic heterocycles. The van der Waals surface area contributed by atoms with E-state index in [1.165, 1.54) is 0 Å². The average molecular weight is 293 g/mol. The van der Waals surface area contributed by atoms with Crippen molar-refractivity contribution >= 4 is 9.84 Å². The second-order valence-electron chi connectivity index (χ2n) is 5.46. The van der Waals surface area contributed by atoms with Gasteiger partial charge in [0.05, 0.1) is 11.0 Å². The van der Waals surface area contributed by atoms with Crippen molar-refractivity contribution in [2.24, 2.45) is 11.8 Å². The van der Waals surface area contributed by atoms with E-state index in [2.05, 4.69) is 6.92 Å². The molecular formula is C16H23NO2S. The van der Waals surface area contributed by atoms with Gasteiger partial charge in [-0.25, -0.2) is 8.42 Å². The first-order valence-electron chi connectivity index (χ1n) is 7.13. The minimum absolute atomic E-state index is 0.120. The Balaban J connectivity index is 3.13. The van der Waals surface area contributed by atoms with Crippen molar-refractivity contribution in [3.8, 4) is 6.07 Å². The molecule has 0 saturated carbocycles. The van der Waals surface area contributed by atoms with Crippen LogP contribution in [0.2, 0.25) is 0 Å². The summed E-state index contributed by atoms with van der Waals surface area (Å²) in [4.78, 5) is 0.244. The van der Waals surface area contributed by atoms with Gasteiger partial charge in [0, 0.05) is 0 Å². The van der Waals surface area contributed by atoms with Crippen LogP contribution in [0.1, 0.15) is 40.0 Å². The Hall–Kier alpha value is -1.34. The van der Waals surface area contributed by atoms with E-state index in [9.17, 15) is 13.7 Å². The molecule has 110 valence electrons. The summed E-state index contributed by atoms with van der Waals surface area (Å²) in [5.74, 6) is 0.0508. The summed E-state index contributed by atoms with van der Waals surface area (Å²) in [7, 11) is -3.59. The lowest BCUT2D eigenvalue weighted by molar-refractivity contribution is 0.354. The Kier molecular flexibility index (Phi) is 6.22. The fourth-order valence-corrected chi connectivity index (χ4v) is 4.31. The third kappa shape index (κ3) is 3.83. The van der Waals surface area contributed by atoms with Crippen LogP contribution in [0.4, 0.5) is 0 Å². The van der Waals surface area contributed by atoms with Crippen LogP contribution in [0.15, 0.2) is 35.2 Å². The number of hydrogen-bond donors (Lipinski definition) is 0. The van der Waals surface area contributed by atoms with Gasteiger partial charge in [-0.2, -0.15) is 5.26 Å². The van der Waals surface area contributed by atoms with Gasteiger partial charge in [0.2, 0.25) is 0 Å². The van der Waals surface area contributed by atoms with Crippen molar-refractivity contribution in [1.82, 2.24) is 0 Å². The van der Waals surface area contributed by atoms with Crippen LogP contribution < -0.4 is 0 Å². The Morgan fingerprint density at radius 3 is 2.25 bits per heavy atom. The molecule has 0 aliphatic rings. The molecule has 0 amide bonds. The summed E-state index contributed by atoms with van der Waals surface area (Å²) in [5.41, 5.74) is 0. The highest BCUT2D eigenvalue weighted by Crippen LogP contribution is 2.30. The number of rotatable bonds is 7. The second-order valence-corrected chi connectivity index (χ2v) is 7.53. The van der Waals surface area contributed by atoms with Gasteiger partial charge in [-0.15, -0.1) is 0 Å². The van der Waals surface area contributed by atoms with E-state index in [0.717, 1.165) is 19.3 Å². The quantitative estimate of drug-likeness (QED) is 0.768. The molecule has 0 saturated heterocycles. The zero-order chi connectivity index (χ0) is 15.2. The first-order valence-corrected chi connectivity index (χ1v) is 8.68. The SMILES string of the molecule is CCCCC(C(C)C)C(C#N)S(=O)(=O)c1ccccc1. The minimum atomic E-state index is -3.59. The molecule has 2 atom stereocenters. The summed E-state index contributed by atoms with van der Waals surface area (Å²) in [6, 6.07) is 10.3. The molecule has 1 rings (SSSR count). The number of benzene rings is 1. The second kappa shape index (κ2) is 7.44. The van der Waals surface area contributed by atoms with Gasteiger partial charge in [0.15, 0.2) is 15.1 Å².